The first kappa shape index (κ1) is 13.6. The minimum absolute atomic E-state index is 0.259. The predicted molar refractivity (Wildman–Crippen MR) is 74.4 cm³/mol. The van der Waals surface area contributed by atoms with Crippen molar-refractivity contribution in [3.05, 3.63) is 46.1 Å². The summed E-state index contributed by atoms with van der Waals surface area (Å²) in [4.78, 5) is 0. The van der Waals surface area contributed by atoms with Crippen molar-refractivity contribution < 1.29 is 4.39 Å². The molecule has 1 N–H and O–H groups in total. The average molecular weight is 323 g/mol. The molecule has 1 heterocycles. The summed E-state index contributed by atoms with van der Waals surface area (Å²) in [6.07, 6.45) is 1.72. The molecule has 1 aromatic carbocycles. The van der Waals surface area contributed by atoms with Crippen LogP contribution in [0.5, 0.6) is 0 Å². The number of nitrogens with zero attached hydrogens (tertiary/aromatic N) is 3. The maximum Gasteiger partial charge on any atom is 0.148 e. The second kappa shape index (κ2) is 6.34. The number of benzene rings is 1. The first-order valence-electron chi connectivity index (χ1n) is 5.75. The van der Waals surface area contributed by atoms with Crippen LogP contribution in [-0.2, 0) is 13.1 Å². The third-order valence-electron chi connectivity index (χ3n) is 2.59. The van der Waals surface area contributed by atoms with E-state index in [4.69, 9.17) is 5.26 Å². The number of rotatable bonds is 5. The molecule has 6 heteroatoms. The molecule has 0 fully saturated rings. The van der Waals surface area contributed by atoms with Gasteiger partial charge < -0.3 is 5.32 Å². The van der Waals surface area contributed by atoms with Crippen molar-refractivity contribution in [2.45, 2.75) is 13.1 Å². The van der Waals surface area contributed by atoms with E-state index in [1.807, 2.05) is 12.1 Å². The van der Waals surface area contributed by atoms with E-state index in [2.05, 4.69) is 32.4 Å². The molecule has 0 spiro atoms. The standard InChI is InChI=1S/C13H12BrFN4/c14-12-2-1-10(8-16)7-11(12)9-17-13-3-5-19(18-13)6-4-15/h1-3,5,7H,4,6,9H2,(H,17,18). The van der Waals surface area contributed by atoms with Crippen LogP contribution in [0.4, 0.5) is 10.2 Å². The zero-order chi connectivity index (χ0) is 13.7. The molecule has 0 unspecified atom stereocenters. The van der Waals surface area contributed by atoms with Gasteiger partial charge >= 0.3 is 0 Å². The molecule has 0 aliphatic heterocycles. The van der Waals surface area contributed by atoms with Crippen LogP contribution in [0, 0.1) is 11.3 Å². The van der Waals surface area contributed by atoms with E-state index in [0.29, 0.717) is 17.9 Å². The molecule has 4 nitrogen and oxygen atoms in total. The molecule has 0 atom stereocenters. The van der Waals surface area contributed by atoms with Gasteiger partial charge in [0, 0.05) is 23.3 Å². The molecule has 0 saturated heterocycles. The lowest BCUT2D eigenvalue weighted by Crippen LogP contribution is -2.04. The SMILES string of the molecule is N#Cc1ccc(Br)c(CNc2ccn(CCF)n2)c1. The Hall–Kier alpha value is -1.87. The highest BCUT2D eigenvalue weighted by atomic mass is 79.9. The topological polar surface area (TPSA) is 53.6 Å². The number of nitrogens with one attached hydrogen (secondary N) is 1. The van der Waals surface area contributed by atoms with Crippen molar-refractivity contribution in [2.75, 3.05) is 12.0 Å². The summed E-state index contributed by atoms with van der Waals surface area (Å²) in [5, 5.41) is 16.2. The molecular weight excluding hydrogens is 311 g/mol. The summed E-state index contributed by atoms with van der Waals surface area (Å²) in [5.41, 5.74) is 1.59. The van der Waals surface area contributed by atoms with Gasteiger partial charge in [-0.15, -0.1) is 0 Å². The number of nitriles is 1. The van der Waals surface area contributed by atoms with Crippen LogP contribution in [0.2, 0.25) is 0 Å². The van der Waals surface area contributed by atoms with E-state index < -0.39 is 6.67 Å². The lowest BCUT2D eigenvalue weighted by atomic mass is 10.1. The Kier molecular flexibility index (Phi) is 4.53. The molecule has 0 aliphatic carbocycles. The number of aromatic nitrogens is 2. The smallest absolute Gasteiger partial charge is 0.148 e. The lowest BCUT2D eigenvalue weighted by molar-refractivity contribution is 0.427. The lowest BCUT2D eigenvalue weighted by Gasteiger charge is -2.06. The van der Waals surface area contributed by atoms with Gasteiger partial charge in [0.1, 0.15) is 12.5 Å². The largest absolute Gasteiger partial charge is 0.364 e. The molecule has 98 valence electrons. The number of hydrogen-bond acceptors (Lipinski definition) is 3. The fourth-order valence-electron chi connectivity index (χ4n) is 1.63. The first-order valence-corrected chi connectivity index (χ1v) is 6.54. The van der Waals surface area contributed by atoms with Crippen molar-refractivity contribution in [3.8, 4) is 6.07 Å². The zero-order valence-electron chi connectivity index (χ0n) is 10.1. The minimum atomic E-state index is -0.434. The van der Waals surface area contributed by atoms with Gasteiger partial charge in [0.2, 0.25) is 0 Å². The second-order valence-corrected chi connectivity index (χ2v) is 4.78. The highest BCUT2D eigenvalue weighted by Crippen LogP contribution is 2.19. The van der Waals surface area contributed by atoms with Crippen LogP contribution in [0.25, 0.3) is 0 Å². The van der Waals surface area contributed by atoms with Crippen LogP contribution in [0.3, 0.4) is 0 Å². The average Bonchev–Trinajstić information content (AvgIpc) is 2.86. The van der Waals surface area contributed by atoms with E-state index in [1.165, 1.54) is 0 Å². The van der Waals surface area contributed by atoms with Crippen LogP contribution in [0.1, 0.15) is 11.1 Å². The molecular formula is C13H12BrFN4. The number of hydrogen-bond donors (Lipinski definition) is 1. The van der Waals surface area contributed by atoms with E-state index in [0.717, 1.165) is 10.0 Å². The number of halogens is 2. The van der Waals surface area contributed by atoms with Crippen molar-refractivity contribution in [2.24, 2.45) is 0 Å². The fraction of sp³-hybridized carbons (Fsp3) is 0.231. The van der Waals surface area contributed by atoms with Gasteiger partial charge in [0.25, 0.3) is 0 Å². The number of aryl methyl sites for hydroxylation is 1. The van der Waals surface area contributed by atoms with Crippen molar-refractivity contribution in [1.82, 2.24) is 9.78 Å². The van der Waals surface area contributed by atoms with Crippen molar-refractivity contribution >= 4 is 21.7 Å². The van der Waals surface area contributed by atoms with Gasteiger partial charge in [-0.2, -0.15) is 10.4 Å². The van der Waals surface area contributed by atoms with E-state index >= 15 is 0 Å². The highest BCUT2D eigenvalue weighted by Gasteiger charge is 2.03. The van der Waals surface area contributed by atoms with E-state index in [-0.39, 0.29) is 6.54 Å². The van der Waals surface area contributed by atoms with Crippen LogP contribution < -0.4 is 5.32 Å². The van der Waals surface area contributed by atoms with Gasteiger partial charge in [-0.3, -0.25) is 4.68 Å². The minimum Gasteiger partial charge on any atom is -0.364 e. The Morgan fingerprint density at radius 1 is 1.42 bits per heavy atom. The summed E-state index contributed by atoms with van der Waals surface area (Å²) in [5.74, 6) is 0.683. The van der Waals surface area contributed by atoms with Crippen molar-refractivity contribution in [3.63, 3.8) is 0 Å². The summed E-state index contributed by atoms with van der Waals surface area (Å²) in [7, 11) is 0. The summed E-state index contributed by atoms with van der Waals surface area (Å²) in [6, 6.07) is 9.31. The molecule has 0 amide bonds. The molecule has 19 heavy (non-hydrogen) atoms. The van der Waals surface area contributed by atoms with Crippen molar-refractivity contribution in [1.29, 1.82) is 5.26 Å². The van der Waals surface area contributed by atoms with Gasteiger partial charge in [-0.1, -0.05) is 15.9 Å². The molecule has 2 rings (SSSR count). The Morgan fingerprint density at radius 3 is 3.00 bits per heavy atom. The second-order valence-electron chi connectivity index (χ2n) is 3.92. The Balaban J connectivity index is 2.03. The Labute approximate surface area is 119 Å². The maximum absolute atomic E-state index is 12.2. The Morgan fingerprint density at radius 2 is 2.26 bits per heavy atom. The molecule has 0 saturated carbocycles. The first-order chi connectivity index (χ1) is 9.22. The predicted octanol–water partition coefficient (Wildman–Crippen LogP) is 3.10. The third kappa shape index (κ3) is 3.55. The third-order valence-corrected chi connectivity index (χ3v) is 3.36. The fourth-order valence-corrected chi connectivity index (χ4v) is 2.02. The van der Waals surface area contributed by atoms with E-state index in [9.17, 15) is 4.39 Å². The molecule has 0 aliphatic rings. The monoisotopic (exact) mass is 322 g/mol. The number of anilines is 1. The molecule has 0 radical (unpaired) electrons. The Bertz CT molecular complexity index is 603. The summed E-state index contributed by atoms with van der Waals surface area (Å²) in [6.45, 7) is 0.370. The van der Waals surface area contributed by atoms with Gasteiger partial charge in [-0.25, -0.2) is 4.39 Å². The summed E-state index contributed by atoms with van der Waals surface area (Å²) >= 11 is 3.44. The van der Waals surface area contributed by atoms with Crippen LogP contribution in [-0.4, -0.2) is 16.5 Å². The van der Waals surface area contributed by atoms with Gasteiger partial charge in [0.15, 0.2) is 0 Å². The number of alkyl halides is 1. The molecule has 1 aromatic heterocycles. The molecule has 0 bridgehead atoms. The molecule has 2 aromatic rings. The van der Waals surface area contributed by atoms with Gasteiger partial charge in [0.05, 0.1) is 18.2 Å². The van der Waals surface area contributed by atoms with Gasteiger partial charge in [-0.05, 0) is 23.8 Å². The van der Waals surface area contributed by atoms with Crippen LogP contribution >= 0.6 is 15.9 Å². The van der Waals surface area contributed by atoms with E-state index in [1.54, 1.807) is 23.0 Å². The summed E-state index contributed by atoms with van der Waals surface area (Å²) < 4.78 is 14.6. The zero-order valence-corrected chi connectivity index (χ0v) is 11.7. The maximum atomic E-state index is 12.2. The normalized spacial score (nSPS) is 10.2. The quantitative estimate of drug-likeness (QED) is 0.920. The van der Waals surface area contributed by atoms with Crippen LogP contribution in [0.15, 0.2) is 34.9 Å². The highest BCUT2D eigenvalue weighted by molar-refractivity contribution is 9.10.